The van der Waals surface area contributed by atoms with E-state index in [2.05, 4.69) is 15.3 Å². The molecule has 1 fully saturated rings. The minimum Gasteiger partial charge on any atom is -0.373 e. The van der Waals surface area contributed by atoms with Gasteiger partial charge in [-0.3, -0.25) is 4.79 Å². The van der Waals surface area contributed by atoms with Gasteiger partial charge >= 0.3 is 0 Å². The van der Waals surface area contributed by atoms with Crippen molar-refractivity contribution < 1.29 is 13.2 Å². The number of sulfonamides is 1. The van der Waals surface area contributed by atoms with Crippen LogP contribution >= 0.6 is 0 Å². The van der Waals surface area contributed by atoms with Gasteiger partial charge in [0.1, 0.15) is 11.6 Å². The zero-order chi connectivity index (χ0) is 20.3. The van der Waals surface area contributed by atoms with Gasteiger partial charge in [-0.2, -0.15) is 4.31 Å². The second-order valence-corrected chi connectivity index (χ2v) is 8.71. The second-order valence-electron chi connectivity index (χ2n) is 6.81. The summed E-state index contributed by atoms with van der Waals surface area (Å²) in [7, 11) is -0.190. The van der Waals surface area contributed by atoms with E-state index in [-0.39, 0.29) is 10.8 Å². The number of amides is 1. The Morgan fingerprint density at radius 3 is 2.64 bits per heavy atom. The fourth-order valence-electron chi connectivity index (χ4n) is 3.24. The van der Waals surface area contributed by atoms with Gasteiger partial charge in [0.05, 0.1) is 23.2 Å². The summed E-state index contributed by atoms with van der Waals surface area (Å²) in [6.07, 6.45) is 1.40. The third-order valence-electron chi connectivity index (χ3n) is 4.84. The van der Waals surface area contributed by atoms with Crippen molar-refractivity contribution in [3.8, 4) is 0 Å². The Labute approximate surface area is 165 Å². The number of aromatic nitrogens is 2. The largest absolute Gasteiger partial charge is 0.373 e. The van der Waals surface area contributed by atoms with Crippen LogP contribution in [0, 0.1) is 0 Å². The third kappa shape index (κ3) is 4.15. The van der Waals surface area contributed by atoms with Gasteiger partial charge in [-0.25, -0.2) is 18.4 Å². The number of carbonyl (C=O) groups excluding carboxylic acids is 1. The molecule has 150 valence electrons. The van der Waals surface area contributed by atoms with Crippen LogP contribution in [-0.2, 0) is 21.4 Å². The Kier molecular flexibility index (Phi) is 5.95. The van der Waals surface area contributed by atoms with Gasteiger partial charge < -0.3 is 10.2 Å². The summed E-state index contributed by atoms with van der Waals surface area (Å²) in [5.74, 6) is 0.983. The molecule has 0 radical (unpaired) electrons. The minimum atomic E-state index is -3.64. The van der Waals surface area contributed by atoms with Gasteiger partial charge in [-0.1, -0.05) is 18.2 Å². The molecular weight excluding hydrogens is 378 g/mol. The molecule has 2 aromatic rings. The molecule has 1 aromatic carbocycles. The standard InChI is InChI=1S/C19H25N5O3S/c1-14(25)23(3)13-15-12-18(20-2)22-19(21-15)17-10-7-11-24(17)28(26,27)16-8-5-4-6-9-16/h4-6,8-9,12,17H,7,10-11,13H2,1-3H3,(H,20,21,22)/t17-/m0/s1. The third-order valence-corrected chi connectivity index (χ3v) is 6.76. The molecule has 0 spiro atoms. The zero-order valence-corrected chi connectivity index (χ0v) is 17.1. The first-order chi connectivity index (χ1) is 13.3. The Bertz CT molecular complexity index is 949. The van der Waals surface area contributed by atoms with Crippen molar-refractivity contribution in [2.24, 2.45) is 0 Å². The normalized spacial score (nSPS) is 17.5. The predicted molar refractivity (Wildman–Crippen MR) is 106 cm³/mol. The molecule has 1 atom stereocenters. The summed E-state index contributed by atoms with van der Waals surface area (Å²) in [5, 5.41) is 3.00. The summed E-state index contributed by atoms with van der Waals surface area (Å²) in [6, 6.07) is 9.76. The first-order valence-corrected chi connectivity index (χ1v) is 10.6. The van der Waals surface area contributed by atoms with Gasteiger partial charge in [0.15, 0.2) is 0 Å². The van der Waals surface area contributed by atoms with Crippen molar-refractivity contribution in [2.45, 2.75) is 37.2 Å². The molecule has 28 heavy (non-hydrogen) atoms. The summed E-state index contributed by atoms with van der Waals surface area (Å²) in [5.41, 5.74) is 0.663. The van der Waals surface area contributed by atoms with Crippen molar-refractivity contribution in [1.29, 1.82) is 0 Å². The number of hydrogen-bond acceptors (Lipinski definition) is 6. The number of benzene rings is 1. The van der Waals surface area contributed by atoms with Gasteiger partial charge in [-0.05, 0) is 25.0 Å². The van der Waals surface area contributed by atoms with Crippen LogP contribution < -0.4 is 5.32 Å². The lowest BCUT2D eigenvalue weighted by Gasteiger charge is -2.24. The SMILES string of the molecule is CNc1cc(CN(C)C(C)=O)nc([C@@H]2CCCN2S(=O)(=O)c2ccccc2)n1. The smallest absolute Gasteiger partial charge is 0.243 e. The summed E-state index contributed by atoms with van der Waals surface area (Å²) in [4.78, 5) is 22.5. The van der Waals surface area contributed by atoms with Crippen LogP contribution in [0.2, 0.25) is 0 Å². The van der Waals surface area contributed by atoms with Crippen LogP contribution in [0.4, 0.5) is 5.82 Å². The maximum atomic E-state index is 13.1. The first kappa shape index (κ1) is 20.2. The average Bonchev–Trinajstić information content (AvgIpc) is 3.19. The van der Waals surface area contributed by atoms with E-state index < -0.39 is 16.1 Å². The van der Waals surface area contributed by atoms with E-state index >= 15 is 0 Å². The van der Waals surface area contributed by atoms with E-state index in [1.54, 1.807) is 55.4 Å². The molecule has 2 heterocycles. The van der Waals surface area contributed by atoms with E-state index in [9.17, 15) is 13.2 Å². The van der Waals surface area contributed by atoms with Crippen LogP contribution in [0.25, 0.3) is 0 Å². The summed E-state index contributed by atoms with van der Waals surface area (Å²) < 4.78 is 27.7. The second kappa shape index (κ2) is 8.24. The summed E-state index contributed by atoms with van der Waals surface area (Å²) in [6.45, 7) is 2.25. The number of nitrogens with one attached hydrogen (secondary N) is 1. The molecule has 0 unspecified atom stereocenters. The molecule has 1 N–H and O–H groups in total. The molecule has 1 aromatic heterocycles. The number of rotatable bonds is 6. The molecule has 0 saturated carbocycles. The fourth-order valence-corrected chi connectivity index (χ4v) is 4.92. The fraction of sp³-hybridized carbons (Fsp3) is 0.421. The lowest BCUT2D eigenvalue weighted by molar-refractivity contribution is -0.128. The van der Waals surface area contributed by atoms with Gasteiger partial charge in [0, 0.05) is 33.6 Å². The lowest BCUT2D eigenvalue weighted by atomic mass is 10.2. The van der Waals surface area contributed by atoms with Crippen molar-refractivity contribution in [3.05, 3.63) is 47.9 Å². The molecule has 1 aliphatic heterocycles. The van der Waals surface area contributed by atoms with Crippen molar-refractivity contribution in [2.75, 3.05) is 26.0 Å². The Morgan fingerprint density at radius 1 is 1.29 bits per heavy atom. The maximum Gasteiger partial charge on any atom is 0.243 e. The van der Waals surface area contributed by atoms with Gasteiger partial charge in [0.25, 0.3) is 0 Å². The molecule has 1 amide bonds. The maximum absolute atomic E-state index is 13.1. The molecule has 1 aliphatic rings. The molecule has 0 bridgehead atoms. The Morgan fingerprint density at radius 2 is 2.00 bits per heavy atom. The van der Waals surface area contributed by atoms with E-state index in [1.165, 1.54) is 11.2 Å². The Balaban J connectivity index is 1.96. The van der Waals surface area contributed by atoms with Crippen molar-refractivity contribution in [1.82, 2.24) is 19.2 Å². The predicted octanol–water partition coefficient (Wildman–Crippen LogP) is 2.02. The number of anilines is 1. The number of hydrogen-bond donors (Lipinski definition) is 1. The number of nitrogens with zero attached hydrogens (tertiary/aromatic N) is 4. The molecule has 0 aliphatic carbocycles. The highest BCUT2D eigenvalue weighted by molar-refractivity contribution is 7.89. The molecule has 1 saturated heterocycles. The monoisotopic (exact) mass is 403 g/mol. The highest BCUT2D eigenvalue weighted by atomic mass is 32.2. The lowest BCUT2D eigenvalue weighted by Crippen LogP contribution is -2.32. The topological polar surface area (TPSA) is 95.5 Å². The van der Waals surface area contributed by atoms with E-state index in [1.807, 2.05) is 0 Å². The number of carbonyl (C=O) groups is 1. The first-order valence-electron chi connectivity index (χ1n) is 9.17. The van der Waals surface area contributed by atoms with E-state index in [0.29, 0.717) is 36.8 Å². The molecule has 3 rings (SSSR count). The highest BCUT2D eigenvalue weighted by Crippen LogP contribution is 2.35. The zero-order valence-electron chi connectivity index (χ0n) is 16.3. The quantitative estimate of drug-likeness (QED) is 0.793. The van der Waals surface area contributed by atoms with Crippen LogP contribution in [0.15, 0.2) is 41.3 Å². The van der Waals surface area contributed by atoms with Crippen LogP contribution in [-0.4, -0.2) is 54.1 Å². The molecular formula is C19H25N5O3S. The van der Waals surface area contributed by atoms with Crippen LogP contribution in [0.1, 0.15) is 37.3 Å². The Hall–Kier alpha value is -2.52. The average molecular weight is 404 g/mol. The van der Waals surface area contributed by atoms with Crippen molar-refractivity contribution >= 4 is 21.7 Å². The van der Waals surface area contributed by atoms with Gasteiger partial charge in [-0.15, -0.1) is 0 Å². The van der Waals surface area contributed by atoms with Gasteiger partial charge in [0.2, 0.25) is 15.9 Å². The minimum absolute atomic E-state index is 0.0691. The van der Waals surface area contributed by atoms with E-state index in [0.717, 1.165) is 6.42 Å². The highest BCUT2D eigenvalue weighted by Gasteiger charge is 2.38. The van der Waals surface area contributed by atoms with Crippen LogP contribution in [0.5, 0.6) is 0 Å². The summed E-state index contributed by atoms with van der Waals surface area (Å²) >= 11 is 0. The van der Waals surface area contributed by atoms with Crippen molar-refractivity contribution in [3.63, 3.8) is 0 Å². The molecule has 9 heteroatoms. The van der Waals surface area contributed by atoms with Crippen LogP contribution in [0.3, 0.4) is 0 Å². The van der Waals surface area contributed by atoms with E-state index in [4.69, 9.17) is 0 Å². The molecule has 8 nitrogen and oxygen atoms in total.